The van der Waals surface area contributed by atoms with E-state index in [9.17, 15) is 9.50 Å². The lowest BCUT2D eigenvalue weighted by molar-refractivity contribution is 0.116. The molecule has 3 aromatic rings. The molecule has 1 aliphatic rings. The number of nitrogens with zero attached hydrogens (tertiary/aromatic N) is 1. The molecule has 2 heterocycles. The number of halogens is 1. The first kappa shape index (κ1) is 16.6. The van der Waals surface area contributed by atoms with Crippen molar-refractivity contribution in [2.24, 2.45) is 0 Å². The minimum Gasteiger partial charge on any atom is -0.393 e. The number of aromatic nitrogens is 1. The van der Waals surface area contributed by atoms with Gasteiger partial charge < -0.3 is 10.4 Å². The maximum Gasteiger partial charge on any atom is 0.125 e. The highest BCUT2D eigenvalue weighted by atomic mass is 32.1. The van der Waals surface area contributed by atoms with Crippen LogP contribution < -0.4 is 5.32 Å². The molecule has 25 heavy (non-hydrogen) atoms. The topological polar surface area (TPSA) is 45.1 Å². The third kappa shape index (κ3) is 3.73. The molecule has 4 rings (SSSR count). The summed E-state index contributed by atoms with van der Waals surface area (Å²) in [4.78, 5) is 4.74. The first-order chi connectivity index (χ1) is 12.2. The highest BCUT2D eigenvalue weighted by molar-refractivity contribution is 7.08. The van der Waals surface area contributed by atoms with Crippen molar-refractivity contribution >= 4 is 22.2 Å². The number of hydrogen-bond donors (Lipinski definition) is 2. The Morgan fingerprint density at radius 3 is 2.76 bits per heavy atom. The maximum atomic E-state index is 13.6. The molecule has 1 fully saturated rings. The number of hydrogen-bond acceptors (Lipinski definition) is 4. The fourth-order valence-electron chi connectivity index (χ4n) is 3.50. The zero-order chi connectivity index (χ0) is 17.2. The van der Waals surface area contributed by atoms with Crippen molar-refractivity contribution in [2.75, 3.05) is 0 Å². The van der Waals surface area contributed by atoms with E-state index in [2.05, 4.69) is 22.8 Å². The Bertz CT molecular complexity index is 858. The molecule has 5 heteroatoms. The number of pyridine rings is 1. The molecule has 0 amide bonds. The highest BCUT2D eigenvalue weighted by Crippen LogP contribution is 2.28. The van der Waals surface area contributed by atoms with Gasteiger partial charge in [-0.15, -0.1) is 0 Å². The Hall–Kier alpha value is -1.82. The summed E-state index contributed by atoms with van der Waals surface area (Å²) in [5, 5.41) is 18.3. The summed E-state index contributed by atoms with van der Waals surface area (Å²) in [5.74, 6) is -0.261. The summed E-state index contributed by atoms with van der Waals surface area (Å²) in [6, 6.07) is 9.36. The van der Waals surface area contributed by atoms with E-state index in [-0.39, 0.29) is 11.9 Å². The molecule has 3 nitrogen and oxygen atoms in total. The molecule has 0 unspecified atom stereocenters. The largest absolute Gasteiger partial charge is 0.393 e. The average molecular weight is 356 g/mol. The second kappa shape index (κ2) is 7.20. The second-order valence-corrected chi connectivity index (χ2v) is 7.51. The number of nitrogens with one attached hydrogen (secondary N) is 1. The van der Waals surface area contributed by atoms with Crippen molar-refractivity contribution in [2.45, 2.75) is 44.4 Å². The normalized spacial score (nSPS) is 20.9. The standard InChI is InChI=1S/C20H21FN2OS/c21-16-2-1-13-9-15(11-22-17-3-5-18(24)6-4-17)20(23-19(13)10-16)14-7-8-25-12-14/h1-2,7-10,12,17-18,22,24H,3-6,11H2. The Labute approximate surface area is 150 Å². The van der Waals surface area contributed by atoms with E-state index < -0.39 is 0 Å². The first-order valence-corrected chi connectivity index (χ1v) is 9.66. The molecule has 2 N–H and O–H groups in total. The monoisotopic (exact) mass is 356 g/mol. The molecule has 0 bridgehead atoms. The van der Waals surface area contributed by atoms with Crippen LogP contribution >= 0.6 is 11.3 Å². The average Bonchev–Trinajstić information content (AvgIpc) is 3.15. The summed E-state index contributed by atoms with van der Waals surface area (Å²) >= 11 is 1.64. The van der Waals surface area contributed by atoms with Crippen LogP contribution in [0.1, 0.15) is 31.2 Å². The molecule has 1 aliphatic carbocycles. The number of aliphatic hydroxyl groups excluding tert-OH is 1. The van der Waals surface area contributed by atoms with E-state index in [1.807, 2.05) is 5.38 Å². The quantitative estimate of drug-likeness (QED) is 0.724. The lowest BCUT2D eigenvalue weighted by atomic mass is 9.93. The molecule has 2 aromatic heterocycles. The Morgan fingerprint density at radius 2 is 2.00 bits per heavy atom. The predicted octanol–water partition coefficient (Wildman–Crippen LogP) is 4.50. The van der Waals surface area contributed by atoms with Crippen molar-refractivity contribution in [3.63, 3.8) is 0 Å². The van der Waals surface area contributed by atoms with Crippen LogP contribution in [0.2, 0.25) is 0 Å². The van der Waals surface area contributed by atoms with Crippen molar-refractivity contribution in [1.82, 2.24) is 10.3 Å². The third-order valence-electron chi connectivity index (χ3n) is 4.93. The molecule has 0 atom stereocenters. The molecular weight excluding hydrogens is 335 g/mol. The van der Waals surface area contributed by atoms with Gasteiger partial charge in [-0.1, -0.05) is 0 Å². The Balaban J connectivity index is 1.64. The Kier molecular flexibility index (Phi) is 4.79. The molecule has 0 aliphatic heterocycles. The lowest BCUT2D eigenvalue weighted by Crippen LogP contribution is -2.34. The van der Waals surface area contributed by atoms with Crippen LogP contribution in [0, 0.1) is 5.82 Å². The fourth-order valence-corrected chi connectivity index (χ4v) is 4.14. The summed E-state index contributed by atoms with van der Waals surface area (Å²) in [6.07, 6.45) is 3.59. The minimum atomic E-state index is -0.261. The molecule has 130 valence electrons. The van der Waals surface area contributed by atoms with E-state index in [0.717, 1.165) is 54.4 Å². The van der Waals surface area contributed by atoms with Crippen molar-refractivity contribution in [3.8, 4) is 11.3 Å². The number of thiophene rings is 1. The predicted molar refractivity (Wildman–Crippen MR) is 100 cm³/mol. The number of rotatable bonds is 4. The number of fused-ring (bicyclic) bond motifs is 1. The van der Waals surface area contributed by atoms with Crippen molar-refractivity contribution in [1.29, 1.82) is 0 Å². The van der Waals surface area contributed by atoms with Crippen molar-refractivity contribution in [3.05, 3.63) is 52.5 Å². The molecule has 0 spiro atoms. The van der Waals surface area contributed by atoms with E-state index in [1.165, 1.54) is 12.1 Å². The summed E-state index contributed by atoms with van der Waals surface area (Å²) in [7, 11) is 0. The third-order valence-corrected chi connectivity index (χ3v) is 5.61. The van der Waals surface area contributed by atoms with Gasteiger partial charge in [-0.25, -0.2) is 9.37 Å². The molecular formula is C20H21FN2OS. The molecule has 0 radical (unpaired) electrons. The van der Waals surface area contributed by atoms with Gasteiger partial charge in [0.05, 0.1) is 17.3 Å². The van der Waals surface area contributed by atoms with E-state index in [4.69, 9.17) is 4.98 Å². The number of benzene rings is 1. The molecule has 0 saturated heterocycles. The van der Waals surface area contributed by atoms with Crippen LogP contribution in [-0.4, -0.2) is 22.2 Å². The van der Waals surface area contributed by atoms with Gasteiger partial charge in [0.1, 0.15) is 5.82 Å². The zero-order valence-electron chi connectivity index (χ0n) is 13.9. The molecule has 1 aromatic carbocycles. The summed E-state index contributed by atoms with van der Waals surface area (Å²) in [5.41, 5.74) is 3.81. The maximum absolute atomic E-state index is 13.6. The van der Waals surface area contributed by atoms with Crippen LogP contribution in [0.25, 0.3) is 22.2 Å². The highest BCUT2D eigenvalue weighted by Gasteiger charge is 2.19. The van der Waals surface area contributed by atoms with Gasteiger partial charge in [-0.2, -0.15) is 11.3 Å². The molecule has 1 saturated carbocycles. The smallest absolute Gasteiger partial charge is 0.125 e. The van der Waals surface area contributed by atoms with Crippen LogP contribution in [0.5, 0.6) is 0 Å². The van der Waals surface area contributed by atoms with Gasteiger partial charge in [0.15, 0.2) is 0 Å². The van der Waals surface area contributed by atoms with E-state index in [1.54, 1.807) is 17.4 Å². The zero-order valence-corrected chi connectivity index (χ0v) is 14.7. The number of aliphatic hydroxyl groups is 1. The van der Waals surface area contributed by atoms with E-state index >= 15 is 0 Å². The summed E-state index contributed by atoms with van der Waals surface area (Å²) < 4.78 is 13.6. The van der Waals surface area contributed by atoms with Gasteiger partial charge in [0.2, 0.25) is 0 Å². The van der Waals surface area contributed by atoms with Crippen LogP contribution in [-0.2, 0) is 6.54 Å². The van der Waals surface area contributed by atoms with Crippen LogP contribution in [0.4, 0.5) is 4.39 Å². The minimum absolute atomic E-state index is 0.142. The van der Waals surface area contributed by atoms with Crippen LogP contribution in [0.15, 0.2) is 41.1 Å². The second-order valence-electron chi connectivity index (χ2n) is 6.73. The van der Waals surface area contributed by atoms with Crippen molar-refractivity contribution < 1.29 is 9.50 Å². The SMILES string of the molecule is OC1CCC(NCc2cc3ccc(F)cc3nc2-c2ccsc2)CC1. The first-order valence-electron chi connectivity index (χ1n) is 8.72. The fraction of sp³-hybridized carbons (Fsp3) is 0.350. The van der Waals surface area contributed by atoms with Gasteiger partial charge in [-0.3, -0.25) is 0 Å². The van der Waals surface area contributed by atoms with Gasteiger partial charge in [-0.05, 0) is 60.9 Å². The van der Waals surface area contributed by atoms with Gasteiger partial charge in [0.25, 0.3) is 0 Å². The lowest BCUT2D eigenvalue weighted by Gasteiger charge is -2.26. The van der Waals surface area contributed by atoms with E-state index in [0.29, 0.717) is 11.6 Å². The summed E-state index contributed by atoms with van der Waals surface area (Å²) in [6.45, 7) is 0.728. The van der Waals surface area contributed by atoms with Crippen LogP contribution in [0.3, 0.4) is 0 Å². The Morgan fingerprint density at radius 1 is 1.16 bits per heavy atom. The van der Waals surface area contributed by atoms with Gasteiger partial charge >= 0.3 is 0 Å². The van der Waals surface area contributed by atoms with Gasteiger partial charge in [0, 0.05) is 35.0 Å².